The van der Waals surface area contributed by atoms with E-state index in [4.69, 9.17) is 14.8 Å². The number of imidazole rings is 1. The van der Waals surface area contributed by atoms with Crippen LogP contribution in [0.5, 0.6) is 5.75 Å². The van der Waals surface area contributed by atoms with E-state index in [2.05, 4.69) is 4.72 Å². The lowest BCUT2D eigenvalue weighted by Gasteiger charge is -2.15. The number of nitrogens with zero attached hydrogens (tertiary/aromatic N) is 2. The van der Waals surface area contributed by atoms with Crippen molar-refractivity contribution in [2.24, 2.45) is 0 Å². The first kappa shape index (κ1) is 27.9. The fourth-order valence-electron chi connectivity index (χ4n) is 4.58. The lowest BCUT2D eigenvalue weighted by Crippen LogP contribution is -2.14. The summed E-state index contributed by atoms with van der Waals surface area (Å²) in [6.07, 6.45) is 1.96. The van der Waals surface area contributed by atoms with Crippen LogP contribution in [0.2, 0.25) is 0 Å². The maximum absolute atomic E-state index is 13.3. The zero-order valence-electron chi connectivity index (χ0n) is 22.7. The van der Waals surface area contributed by atoms with Crippen LogP contribution in [0, 0.1) is 6.92 Å². The largest absolute Gasteiger partial charge is 0.491 e. The average Bonchev–Trinajstić information content (AvgIpc) is 3.34. The number of anilines is 1. The lowest BCUT2D eigenvalue weighted by molar-refractivity contribution is -0.137. The highest BCUT2D eigenvalue weighted by Gasteiger charge is 2.21. The number of carboxylic acids is 1. The van der Waals surface area contributed by atoms with E-state index in [1.807, 2.05) is 78.2 Å². The van der Waals surface area contributed by atoms with Crippen LogP contribution in [0.3, 0.4) is 0 Å². The van der Waals surface area contributed by atoms with E-state index < -0.39 is 16.0 Å². The Labute approximate surface area is 239 Å². The van der Waals surface area contributed by atoms with Gasteiger partial charge in [-0.05, 0) is 56.5 Å². The summed E-state index contributed by atoms with van der Waals surface area (Å²) in [6, 6.07) is 29.8. The summed E-state index contributed by atoms with van der Waals surface area (Å²) < 4.78 is 37.6. The molecule has 1 heterocycles. The Kier molecular flexibility index (Phi) is 8.35. The zero-order chi connectivity index (χ0) is 28.8. The quantitative estimate of drug-likeness (QED) is 0.159. The van der Waals surface area contributed by atoms with E-state index in [1.165, 1.54) is 0 Å². The number of para-hydroxylation sites is 1. The van der Waals surface area contributed by atoms with Crippen molar-refractivity contribution in [1.29, 1.82) is 0 Å². The first-order chi connectivity index (χ1) is 19.8. The number of sulfonamides is 1. The molecule has 0 saturated heterocycles. The molecule has 5 aromatic rings. The topological polar surface area (TPSA) is 111 Å². The van der Waals surface area contributed by atoms with Gasteiger partial charge in [-0.3, -0.25) is 14.1 Å². The highest BCUT2D eigenvalue weighted by atomic mass is 32.2. The molecule has 2 N–H and O–H groups in total. The van der Waals surface area contributed by atoms with E-state index in [0.717, 1.165) is 22.3 Å². The molecule has 0 fully saturated rings. The maximum atomic E-state index is 13.3. The number of carbonyl (C=O) groups is 1. The number of hydrogen-bond donors (Lipinski definition) is 2. The Morgan fingerprint density at radius 3 is 2.27 bits per heavy atom. The van der Waals surface area contributed by atoms with Crippen LogP contribution in [0.15, 0.2) is 102 Å². The first-order valence-corrected chi connectivity index (χ1v) is 14.9. The van der Waals surface area contributed by atoms with Crippen LogP contribution < -0.4 is 9.46 Å². The van der Waals surface area contributed by atoms with E-state index in [-0.39, 0.29) is 17.0 Å². The zero-order valence-corrected chi connectivity index (χ0v) is 23.5. The Bertz CT molecular complexity index is 1750. The number of ether oxygens (including phenoxy) is 1. The summed E-state index contributed by atoms with van der Waals surface area (Å²) in [6.45, 7) is 2.20. The normalized spacial score (nSPS) is 11.4. The average molecular weight is 570 g/mol. The minimum Gasteiger partial charge on any atom is -0.491 e. The first-order valence-electron chi connectivity index (χ1n) is 13.4. The molecule has 5 rings (SSSR count). The predicted molar refractivity (Wildman–Crippen MR) is 160 cm³/mol. The van der Waals surface area contributed by atoms with Crippen molar-refractivity contribution in [3.8, 4) is 22.8 Å². The maximum Gasteiger partial charge on any atom is 0.303 e. The number of carboxylic acid groups (broad SMARTS) is 1. The number of nitrogens with one attached hydrogen (secondary N) is 1. The Hall–Kier alpha value is -4.63. The molecule has 41 heavy (non-hydrogen) atoms. The van der Waals surface area contributed by atoms with Crippen molar-refractivity contribution in [3.63, 3.8) is 0 Å². The van der Waals surface area contributed by atoms with Gasteiger partial charge in [0.15, 0.2) is 0 Å². The third kappa shape index (κ3) is 6.58. The van der Waals surface area contributed by atoms with Crippen molar-refractivity contribution in [2.45, 2.75) is 37.5 Å². The molecule has 1 aromatic heterocycles. The molecule has 8 nitrogen and oxygen atoms in total. The molecule has 0 aliphatic rings. The van der Waals surface area contributed by atoms with Crippen LogP contribution in [0.25, 0.3) is 28.1 Å². The molecule has 210 valence electrons. The van der Waals surface area contributed by atoms with Gasteiger partial charge in [0.25, 0.3) is 10.0 Å². The van der Waals surface area contributed by atoms with Gasteiger partial charge in [0.1, 0.15) is 11.6 Å². The van der Waals surface area contributed by atoms with Crippen molar-refractivity contribution < 1.29 is 23.1 Å². The van der Waals surface area contributed by atoms with Crippen LogP contribution in [0.4, 0.5) is 5.69 Å². The van der Waals surface area contributed by atoms with E-state index in [9.17, 15) is 13.2 Å². The second-order valence-corrected chi connectivity index (χ2v) is 11.5. The fraction of sp³-hybridized carbons (Fsp3) is 0.188. The van der Waals surface area contributed by atoms with Gasteiger partial charge >= 0.3 is 5.97 Å². The van der Waals surface area contributed by atoms with Crippen LogP contribution in [-0.2, 0) is 14.8 Å². The summed E-state index contributed by atoms with van der Waals surface area (Å²) in [7, 11) is -3.91. The van der Waals surface area contributed by atoms with Crippen molar-refractivity contribution in [3.05, 3.63) is 103 Å². The SMILES string of the molecule is Cc1ccc(S(=O)(=O)Nc2cc3nc(-c4ccccc4)n(-c4ccccc4)c3cc2OCCCCCC(=O)O)cc1. The Morgan fingerprint density at radius 2 is 1.59 bits per heavy atom. The van der Waals surface area contributed by atoms with Crippen LogP contribution in [-0.4, -0.2) is 35.7 Å². The molecule has 4 aromatic carbocycles. The summed E-state index contributed by atoms with van der Waals surface area (Å²) in [5, 5.41) is 8.90. The minimum absolute atomic E-state index is 0.103. The number of aryl methyl sites for hydroxylation is 1. The second-order valence-electron chi connectivity index (χ2n) is 9.78. The molecule has 0 radical (unpaired) electrons. The van der Waals surface area contributed by atoms with E-state index in [1.54, 1.807) is 30.3 Å². The number of benzene rings is 4. The predicted octanol–water partition coefficient (Wildman–Crippen LogP) is 6.83. The van der Waals surface area contributed by atoms with Gasteiger partial charge in [-0.25, -0.2) is 13.4 Å². The van der Waals surface area contributed by atoms with E-state index in [0.29, 0.717) is 43.0 Å². The third-order valence-electron chi connectivity index (χ3n) is 6.67. The second kappa shape index (κ2) is 12.3. The van der Waals surface area contributed by atoms with Gasteiger partial charge in [0.2, 0.25) is 0 Å². The molecular weight excluding hydrogens is 538 g/mol. The molecule has 0 unspecified atom stereocenters. The molecule has 0 saturated carbocycles. The standard InChI is InChI=1S/C32H31N3O5S/c1-23-16-18-26(19-17-23)41(38,39)34-28-21-27-29(22-30(28)40-20-10-4-9-15-31(36)37)35(25-13-7-3-8-14-25)32(33-27)24-11-5-2-6-12-24/h2-3,5-8,11-14,16-19,21-22,34H,4,9-10,15,20H2,1H3,(H,36,37). The molecule has 0 amide bonds. The number of aromatic nitrogens is 2. The molecule has 0 aliphatic heterocycles. The van der Waals surface area contributed by atoms with Gasteiger partial charge in [0.05, 0.1) is 28.2 Å². The summed E-state index contributed by atoms with van der Waals surface area (Å²) >= 11 is 0. The van der Waals surface area contributed by atoms with E-state index >= 15 is 0 Å². The number of aliphatic carboxylic acids is 1. The van der Waals surface area contributed by atoms with Gasteiger partial charge in [-0.1, -0.05) is 66.2 Å². The number of hydrogen-bond acceptors (Lipinski definition) is 5. The highest BCUT2D eigenvalue weighted by molar-refractivity contribution is 7.92. The van der Waals surface area contributed by atoms with Crippen molar-refractivity contribution >= 4 is 32.7 Å². The summed E-state index contributed by atoms with van der Waals surface area (Å²) in [4.78, 5) is 15.9. The van der Waals surface area contributed by atoms with Crippen molar-refractivity contribution in [2.75, 3.05) is 11.3 Å². The van der Waals surface area contributed by atoms with Gasteiger partial charge in [-0.15, -0.1) is 0 Å². The van der Waals surface area contributed by atoms with Crippen molar-refractivity contribution in [1.82, 2.24) is 9.55 Å². The van der Waals surface area contributed by atoms with Crippen LogP contribution >= 0.6 is 0 Å². The smallest absolute Gasteiger partial charge is 0.303 e. The molecule has 0 bridgehead atoms. The summed E-state index contributed by atoms with van der Waals surface area (Å²) in [5.74, 6) is 0.251. The molecule has 9 heteroatoms. The van der Waals surface area contributed by atoms with Gasteiger partial charge in [-0.2, -0.15) is 0 Å². The molecule has 0 atom stereocenters. The number of fused-ring (bicyclic) bond motifs is 1. The Morgan fingerprint density at radius 1 is 0.902 bits per heavy atom. The third-order valence-corrected chi connectivity index (χ3v) is 8.05. The number of unbranched alkanes of at least 4 members (excludes halogenated alkanes) is 2. The molecular formula is C32H31N3O5S. The summed E-state index contributed by atoms with van der Waals surface area (Å²) in [5.41, 5.74) is 4.41. The fourth-order valence-corrected chi connectivity index (χ4v) is 5.64. The molecule has 0 aliphatic carbocycles. The lowest BCUT2D eigenvalue weighted by atomic mass is 10.2. The van der Waals surface area contributed by atoms with Gasteiger partial charge in [0, 0.05) is 23.7 Å². The molecule has 0 spiro atoms. The Balaban J connectivity index is 1.58. The van der Waals surface area contributed by atoms with Crippen LogP contribution in [0.1, 0.15) is 31.2 Å². The van der Waals surface area contributed by atoms with Gasteiger partial charge < -0.3 is 9.84 Å². The monoisotopic (exact) mass is 569 g/mol. The number of rotatable bonds is 12. The highest BCUT2D eigenvalue weighted by Crippen LogP contribution is 2.36. The minimum atomic E-state index is -3.91.